The second kappa shape index (κ2) is 7.25. The predicted molar refractivity (Wildman–Crippen MR) is 73.5 cm³/mol. The second-order valence-corrected chi connectivity index (χ2v) is 4.42. The SMILES string of the molecule is CCOc1ccnc(NCC2CN(CC)CCO2)n1. The minimum atomic E-state index is 0.188. The van der Waals surface area contributed by atoms with Gasteiger partial charge in [0.25, 0.3) is 0 Å². The highest BCUT2D eigenvalue weighted by Crippen LogP contribution is 2.09. The van der Waals surface area contributed by atoms with Gasteiger partial charge in [-0.1, -0.05) is 6.92 Å². The number of hydrogen-bond donors (Lipinski definition) is 1. The Bertz CT molecular complexity index is 389. The maximum atomic E-state index is 5.72. The van der Waals surface area contributed by atoms with Crippen molar-refractivity contribution in [1.82, 2.24) is 14.9 Å². The summed E-state index contributed by atoms with van der Waals surface area (Å²) in [7, 11) is 0. The summed E-state index contributed by atoms with van der Waals surface area (Å²) in [6.45, 7) is 9.25. The fourth-order valence-corrected chi connectivity index (χ4v) is 2.05. The van der Waals surface area contributed by atoms with E-state index in [-0.39, 0.29) is 6.10 Å². The van der Waals surface area contributed by atoms with Crippen LogP contribution in [0.4, 0.5) is 5.95 Å². The minimum Gasteiger partial charge on any atom is -0.478 e. The number of hydrogen-bond acceptors (Lipinski definition) is 6. The van der Waals surface area contributed by atoms with Gasteiger partial charge in [0, 0.05) is 31.9 Å². The molecule has 1 atom stereocenters. The number of aromatic nitrogens is 2. The highest BCUT2D eigenvalue weighted by Gasteiger charge is 2.19. The van der Waals surface area contributed by atoms with Crippen LogP contribution in [0.25, 0.3) is 0 Å². The van der Waals surface area contributed by atoms with E-state index in [4.69, 9.17) is 9.47 Å². The zero-order valence-electron chi connectivity index (χ0n) is 11.6. The minimum absolute atomic E-state index is 0.188. The molecule has 1 N–H and O–H groups in total. The molecule has 1 fully saturated rings. The van der Waals surface area contributed by atoms with Gasteiger partial charge >= 0.3 is 0 Å². The van der Waals surface area contributed by atoms with Crippen molar-refractivity contribution in [2.24, 2.45) is 0 Å². The van der Waals surface area contributed by atoms with Crippen LogP contribution in [0.15, 0.2) is 12.3 Å². The van der Waals surface area contributed by atoms with Gasteiger partial charge in [-0.25, -0.2) is 4.98 Å². The van der Waals surface area contributed by atoms with E-state index in [1.54, 1.807) is 12.3 Å². The van der Waals surface area contributed by atoms with Gasteiger partial charge in [-0.15, -0.1) is 0 Å². The summed E-state index contributed by atoms with van der Waals surface area (Å²) in [6.07, 6.45) is 1.88. The largest absolute Gasteiger partial charge is 0.478 e. The first-order chi connectivity index (χ1) is 9.31. The Balaban J connectivity index is 1.82. The van der Waals surface area contributed by atoms with Gasteiger partial charge in [0.1, 0.15) is 0 Å². The molecule has 2 heterocycles. The Kier molecular flexibility index (Phi) is 5.35. The molecule has 1 aliphatic heterocycles. The van der Waals surface area contributed by atoms with Gasteiger partial charge in [-0.3, -0.25) is 4.90 Å². The third-order valence-electron chi connectivity index (χ3n) is 3.08. The third-order valence-corrected chi connectivity index (χ3v) is 3.08. The average molecular weight is 266 g/mol. The number of rotatable bonds is 6. The van der Waals surface area contributed by atoms with E-state index < -0.39 is 0 Å². The lowest BCUT2D eigenvalue weighted by Gasteiger charge is -2.32. The number of morpholine rings is 1. The lowest BCUT2D eigenvalue weighted by molar-refractivity contribution is -0.0192. The molecule has 1 saturated heterocycles. The van der Waals surface area contributed by atoms with Crippen molar-refractivity contribution in [2.75, 3.05) is 44.7 Å². The zero-order chi connectivity index (χ0) is 13.5. The highest BCUT2D eigenvalue weighted by atomic mass is 16.5. The van der Waals surface area contributed by atoms with Crippen LogP contribution in [0.3, 0.4) is 0 Å². The molecule has 2 rings (SSSR count). The van der Waals surface area contributed by atoms with Gasteiger partial charge in [-0.05, 0) is 13.5 Å². The zero-order valence-corrected chi connectivity index (χ0v) is 11.6. The molecule has 106 valence electrons. The van der Waals surface area contributed by atoms with E-state index in [2.05, 4.69) is 27.1 Å². The molecule has 1 aliphatic rings. The standard InChI is InChI=1S/C13H22N4O2/c1-3-17-7-8-19-11(10-17)9-15-13-14-6-5-12(16-13)18-4-2/h5-6,11H,3-4,7-10H2,1-2H3,(H,14,15,16). The maximum absolute atomic E-state index is 5.72. The molecular weight excluding hydrogens is 244 g/mol. The Morgan fingerprint density at radius 1 is 1.53 bits per heavy atom. The monoisotopic (exact) mass is 266 g/mol. The first-order valence-electron chi connectivity index (χ1n) is 6.85. The van der Waals surface area contributed by atoms with Crippen molar-refractivity contribution in [3.05, 3.63) is 12.3 Å². The van der Waals surface area contributed by atoms with Crippen LogP contribution >= 0.6 is 0 Å². The normalized spacial score (nSPS) is 20.2. The lowest BCUT2D eigenvalue weighted by Crippen LogP contribution is -2.45. The lowest BCUT2D eigenvalue weighted by atomic mass is 10.2. The fourth-order valence-electron chi connectivity index (χ4n) is 2.05. The molecule has 0 amide bonds. The van der Waals surface area contributed by atoms with E-state index in [1.807, 2.05) is 6.92 Å². The molecule has 6 nitrogen and oxygen atoms in total. The van der Waals surface area contributed by atoms with Crippen molar-refractivity contribution in [2.45, 2.75) is 20.0 Å². The summed E-state index contributed by atoms with van der Waals surface area (Å²) in [5.74, 6) is 1.18. The van der Waals surface area contributed by atoms with E-state index in [9.17, 15) is 0 Å². The number of nitrogens with zero attached hydrogens (tertiary/aromatic N) is 3. The summed E-state index contributed by atoms with van der Waals surface area (Å²) in [4.78, 5) is 10.8. The average Bonchev–Trinajstić information content (AvgIpc) is 2.46. The molecule has 6 heteroatoms. The fraction of sp³-hybridized carbons (Fsp3) is 0.692. The Morgan fingerprint density at radius 2 is 2.42 bits per heavy atom. The van der Waals surface area contributed by atoms with Gasteiger partial charge in [0.15, 0.2) is 0 Å². The smallest absolute Gasteiger partial charge is 0.226 e. The summed E-state index contributed by atoms with van der Waals surface area (Å²) < 4.78 is 11.1. The molecule has 0 radical (unpaired) electrons. The molecule has 1 aromatic heterocycles. The first-order valence-corrected chi connectivity index (χ1v) is 6.85. The maximum Gasteiger partial charge on any atom is 0.226 e. The summed E-state index contributed by atoms with van der Waals surface area (Å²) in [5, 5.41) is 3.20. The summed E-state index contributed by atoms with van der Waals surface area (Å²) >= 11 is 0. The molecule has 0 spiro atoms. The quantitative estimate of drug-likeness (QED) is 0.829. The van der Waals surface area contributed by atoms with Crippen molar-refractivity contribution in [3.63, 3.8) is 0 Å². The van der Waals surface area contributed by atoms with E-state index in [0.717, 1.165) is 26.2 Å². The van der Waals surface area contributed by atoms with Crippen LogP contribution in [-0.4, -0.2) is 60.4 Å². The van der Waals surface area contributed by atoms with E-state index >= 15 is 0 Å². The molecular formula is C13H22N4O2. The van der Waals surface area contributed by atoms with Crippen molar-refractivity contribution >= 4 is 5.95 Å². The Morgan fingerprint density at radius 3 is 3.21 bits per heavy atom. The molecule has 1 aromatic rings. The molecule has 0 bridgehead atoms. The van der Waals surface area contributed by atoms with Gasteiger partial charge < -0.3 is 14.8 Å². The summed E-state index contributed by atoms with van der Waals surface area (Å²) in [6, 6.07) is 1.75. The van der Waals surface area contributed by atoms with E-state index in [1.165, 1.54) is 0 Å². The first kappa shape index (κ1) is 14.0. The van der Waals surface area contributed by atoms with Gasteiger partial charge in [0.2, 0.25) is 11.8 Å². The van der Waals surface area contributed by atoms with Crippen LogP contribution in [0.1, 0.15) is 13.8 Å². The topological polar surface area (TPSA) is 59.5 Å². The summed E-state index contributed by atoms with van der Waals surface area (Å²) in [5.41, 5.74) is 0. The van der Waals surface area contributed by atoms with Crippen LogP contribution in [-0.2, 0) is 4.74 Å². The van der Waals surface area contributed by atoms with Crippen LogP contribution in [0, 0.1) is 0 Å². The van der Waals surface area contributed by atoms with Crippen LogP contribution in [0.5, 0.6) is 5.88 Å². The van der Waals surface area contributed by atoms with Crippen molar-refractivity contribution < 1.29 is 9.47 Å². The molecule has 0 saturated carbocycles. The van der Waals surface area contributed by atoms with Crippen molar-refractivity contribution in [1.29, 1.82) is 0 Å². The van der Waals surface area contributed by atoms with Crippen LogP contribution < -0.4 is 10.1 Å². The second-order valence-electron chi connectivity index (χ2n) is 4.42. The molecule has 19 heavy (non-hydrogen) atoms. The number of nitrogens with one attached hydrogen (secondary N) is 1. The van der Waals surface area contributed by atoms with Gasteiger partial charge in [-0.2, -0.15) is 4.98 Å². The highest BCUT2D eigenvalue weighted by molar-refractivity contribution is 5.27. The molecule has 0 aliphatic carbocycles. The van der Waals surface area contributed by atoms with Crippen LogP contribution in [0.2, 0.25) is 0 Å². The number of anilines is 1. The van der Waals surface area contributed by atoms with Crippen molar-refractivity contribution in [3.8, 4) is 5.88 Å². The van der Waals surface area contributed by atoms with Gasteiger partial charge in [0.05, 0.1) is 19.3 Å². The number of ether oxygens (including phenoxy) is 2. The molecule has 1 unspecified atom stereocenters. The predicted octanol–water partition coefficient (Wildman–Crippen LogP) is 1.01. The van der Waals surface area contributed by atoms with E-state index in [0.29, 0.717) is 25.0 Å². The Hall–Kier alpha value is -1.40. The third kappa shape index (κ3) is 4.33. The Labute approximate surface area is 114 Å². The molecule has 0 aromatic carbocycles. The number of likely N-dealkylation sites (N-methyl/N-ethyl adjacent to an activating group) is 1.